The van der Waals surface area contributed by atoms with Gasteiger partial charge in [-0.3, -0.25) is 10.1 Å². The molecule has 0 unspecified atom stereocenters. The molecular weight excluding hydrogens is 340 g/mol. The zero-order valence-electron chi connectivity index (χ0n) is 15.1. The summed E-state index contributed by atoms with van der Waals surface area (Å²) in [7, 11) is 0. The number of aromatic nitrogens is 3. The fourth-order valence-electron chi connectivity index (χ4n) is 2.96. The third-order valence-corrected chi connectivity index (χ3v) is 4.44. The maximum absolute atomic E-state index is 12.5. The van der Waals surface area contributed by atoms with Crippen molar-refractivity contribution in [2.75, 3.05) is 5.32 Å². The van der Waals surface area contributed by atoms with Crippen molar-refractivity contribution in [3.05, 3.63) is 72.2 Å². The zero-order valence-corrected chi connectivity index (χ0v) is 15.1. The van der Waals surface area contributed by atoms with E-state index in [2.05, 4.69) is 22.3 Å². The number of benzene rings is 1. The molecule has 0 fully saturated rings. The van der Waals surface area contributed by atoms with Gasteiger partial charge in [-0.05, 0) is 48.7 Å². The Kier molecular flexibility index (Phi) is 4.70. The van der Waals surface area contributed by atoms with Crippen LogP contribution in [-0.2, 0) is 6.42 Å². The van der Waals surface area contributed by atoms with Crippen LogP contribution in [0.2, 0.25) is 0 Å². The molecule has 0 bridgehead atoms. The molecule has 6 heteroatoms. The molecule has 1 amide bonds. The molecule has 0 aliphatic heterocycles. The molecule has 136 valence electrons. The van der Waals surface area contributed by atoms with Gasteiger partial charge in [-0.25, -0.2) is 4.52 Å². The third-order valence-electron chi connectivity index (χ3n) is 4.44. The normalized spacial score (nSPS) is 11.0. The minimum atomic E-state index is -0.224. The molecule has 3 aromatic heterocycles. The summed E-state index contributed by atoms with van der Waals surface area (Å²) in [6, 6.07) is 15.2. The first-order chi connectivity index (χ1) is 13.2. The summed E-state index contributed by atoms with van der Waals surface area (Å²) >= 11 is 0. The van der Waals surface area contributed by atoms with Gasteiger partial charge in [0.1, 0.15) is 0 Å². The van der Waals surface area contributed by atoms with Crippen LogP contribution in [0.3, 0.4) is 0 Å². The third kappa shape index (κ3) is 3.60. The number of rotatable bonds is 6. The van der Waals surface area contributed by atoms with Crippen molar-refractivity contribution in [2.45, 2.75) is 26.2 Å². The van der Waals surface area contributed by atoms with Gasteiger partial charge in [0.15, 0.2) is 5.65 Å². The summed E-state index contributed by atoms with van der Waals surface area (Å²) in [6.45, 7) is 2.17. The molecule has 0 saturated heterocycles. The Balaban J connectivity index is 1.55. The second-order valence-electron chi connectivity index (χ2n) is 6.38. The van der Waals surface area contributed by atoms with Gasteiger partial charge in [-0.15, -0.1) is 5.10 Å². The van der Waals surface area contributed by atoms with Crippen LogP contribution in [0.4, 0.5) is 5.95 Å². The molecule has 6 nitrogen and oxygen atoms in total. The first-order valence-corrected chi connectivity index (χ1v) is 9.03. The molecule has 0 radical (unpaired) electrons. The molecule has 27 heavy (non-hydrogen) atoms. The number of fused-ring (bicyclic) bond motifs is 1. The van der Waals surface area contributed by atoms with Crippen LogP contribution in [0.1, 0.15) is 35.7 Å². The Bertz CT molecular complexity index is 1050. The van der Waals surface area contributed by atoms with Gasteiger partial charge in [-0.1, -0.05) is 31.5 Å². The van der Waals surface area contributed by atoms with E-state index in [1.165, 1.54) is 5.56 Å². The summed E-state index contributed by atoms with van der Waals surface area (Å²) in [6.07, 6.45) is 6.59. The van der Waals surface area contributed by atoms with E-state index in [0.29, 0.717) is 11.2 Å². The minimum absolute atomic E-state index is 0.224. The second kappa shape index (κ2) is 7.45. The molecule has 3 heterocycles. The first-order valence-electron chi connectivity index (χ1n) is 9.03. The average Bonchev–Trinajstić information content (AvgIpc) is 3.35. The summed E-state index contributed by atoms with van der Waals surface area (Å²) in [5, 5.41) is 7.20. The van der Waals surface area contributed by atoms with Gasteiger partial charge in [0, 0.05) is 11.1 Å². The maximum Gasteiger partial charge on any atom is 0.258 e. The highest BCUT2D eigenvalue weighted by atomic mass is 16.3. The van der Waals surface area contributed by atoms with Gasteiger partial charge in [0.2, 0.25) is 5.95 Å². The Labute approximate surface area is 156 Å². The number of hydrogen-bond acceptors (Lipinski definition) is 4. The molecule has 0 aliphatic rings. The molecule has 0 aliphatic carbocycles. The average molecular weight is 360 g/mol. The quantitative estimate of drug-likeness (QED) is 0.546. The highest BCUT2D eigenvalue weighted by Gasteiger charge is 2.13. The fourth-order valence-corrected chi connectivity index (χ4v) is 2.96. The lowest BCUT2D eigenvalue weighted by atomic mass is 10.1. The van der Waals surface area contributed by atoms with E-state index >= 15 is 0 Å². The number of aryl methyl sites for hydroxylation is 1. The Morgan fingerprint density at radius 1 is 1.15 bits per heavy atom. The van der Waals surface area contributed by atoms with Crippen molar-refractivity contribution in [1.29, 1.82) is 0 Å². The monoisotopic (exact) mass is 360 g/mol. The molecule has 1 aromatic carbocycles. The lowest BCUT2D eigenvalue weighted by Crippen LogP contribution is -2.13. The second-order valence-corrected chi connectivity index (χ2v) is 6.38. The highest BCUT2D eigenvalue weighted by molar-refractivity contribution is 6.03. The minimum Gasteiger partial charge on any atom is -0.472 e. The molecular formula is C21H20N4O2. The van der Waals surface area contributed by atoms with Crippen LogP contribution in [0, 0.1) is 0 Å². The van der Waals surface area contributed by atoms with Crippen molar-refractivity contribution < 1.29 is 9.21 Å². The summed E-state index contributed by atoms with van der Waals surface area (Å²) in [5.74, 6) is 0.0452. The van der Waals surface area contributed by atoms with Gasteiger partial charge in [0.05, 0.1) is 18.2 Å². The highest BCUT2D eigenvalue weighted by Crippen LogP contribution is 2.21. The fraction of sp³-hybridized carbons (Fsp3) is 0.190. The molecule has 0 spiro atoms. The van der Waals surface area contributed by atoms with Gasteiger partial charge < -0.3 is 4.42 Å². The SMILES string of the molecule is CCCCc1ccc(C(=O)Nc2nc3cccc(-c4ccoc4)n3n2)cc1. The number of nitrogens with one attached hydrogen (secondary N) is 1. The molecule has 4 rings (SSSR count). The van der Waals surface area contributed by atoms with Crippen molar-refractivity contribution in [2.24, 2.45) is 0 Å². The van der Waals surface area contributed by atoms with Crippen molar-refractivity contribution in [3.8, 4) is 11.3 Å². The van der Waals surface area contributed by atoms with Crippen molar-refractivity contribution in [1.82, 2.24) is 14.6 Å². The smallest absolute Gasteiger partial charge is 0.258 e. The number of unbranched alkanes of at least 4 members (excludes halogenated alkanes) is 1. The maximum atomic E-state index is 12.5. The number of furan rings is 1. The van der Waals surface area contributed by atoms with E-state index in [4.69, 9.17) is 4.42 Å². The number of hydrogen-bond donors (Lipinski definition) is 1. The molecule has 0 saturated carbocycles. The first kappa shape index (κ1) is 17.0. The predicted molar refractivity (Wildman–Crippen MR) is 104 cm³/mol. The summed E-state index contributed by atoms with van der Waals surface area (Å²) < 4.78 is 6.84. The van der Waals surface area contributed by atoms with E-state index in [9.17, 15) is 4.79 Å². The standard InChI is InChI=1S/C21H20N4O2/c1-2-3-5-15-8-10-16(11-9-15)20(26)23-21-22-19-7-4-6-18(25(19)24-21)17-12-13-27-14-17/h4,6-14H,2-3,5H2,1H3,(H,23,24,26). The predicted octanol–water partition coefficient (Wildman–Crippen LogP) is 4.58. The Hall–Kier alpha value is -3.41. The lowest BCUT2D eigenvalue weighted by Gasteiger charge is -2.03. The van der Waals surface area contributed by atoms with Gasteiger partial charge in [0.25, 0.3) is 5.91 Å². The van der Waals surface area contributed by atoms with Crippen LogP contribution < -0.4 is 5.32 Å². The molecule has 4 aromatic rings. The van der Waals surface area contributed by atoms with E-state index in [1.54, 1.807) is 17.0 Å². The van der Waals surface area contributed by atoms with Gasteiger partial charge in [-0.2, -0.15) is 4.98 Å². The summed E-state index contributed by atoms with van der Waals surface area (Å²) in [5.41, 5.74) is 4.22. The Morgan fingerprint density at radius 2 is 2.00 bits per heavy atom. The number of carbonyl (C=O) groups excluding carboxylic acids is 1. The zero-order chi connectivity index (χ0) is 18.6. The molecule has 0 atom stereocenters. The van der Waals surface area contributed by atoms with Crippen LogP contribution in [0.5, 0.6) is 0 Å². The van der Waals surface area contributed by atoms with Crippen molar-refractivity contribution in [3.63, 3.8) is 0 Å². The number of pyridine rings is 1. The number of anilines is 1. The lowest BCUT2D eigenvalue weighted by molar-refractivity contribution is 0.102. The van der Waals surface area contributed by atoms with E-state index in [0.717, 1.165) is 30.5 Å². The number of amides is 1. The van der Waals surface area contributed by atoms with Gasteiger partial charge >= 0.3 is 0 Å². The van der Waals surface area contributed by atoms with E-state index in [-0.39, 0.29) is 11.9 Å². The molecule has 1 N–H and O–H groups in total. The van der Waals surface area contributed by atoms with Crippen LogP contribution >= 0.6 is 0 Å². The number of carbonyl (C=O) groups is 1. The van der Waals surface area contributed by atoms with Crippen LogP contribution in [-0.4, -0.2) is 20.5 Å². The van der Waals surface area contributed by atoms with E-state index < -0.39 is 0 Å². The van der Waals surface area contributed by atoms with Crippen LogP contribution in [0.15, 0.2) is 65.5 Å². The number of nitrogens with zero attached hydrogens (tertiary/aromatic N) is 3. The van der Waals surface area contributed by atoms with Crippen molar-refractivity contribution >= 4 is 17.5 Å². The van der Waals surface area contributed by atoms with Crippen LogP contribution in [0.25, 0.3) is 16.9 Å². The van der Waals surface area contributed by atoms with E-state index in [1.807, 2.05) is 48.5 Å². The summed E-state index contributed by atoms with van der Waals surface area (Å²) in [4.78, 5) is 16.9. The topological polar surface area (TPSA) is 72.4 Å². The Morgan fingerprint density at radius 3 is 2.74 bits per heavy atom. The largest absolute Gasteiger partial charge is 0.472 e.